The third-order valence-electron chi connectivity index (χ3n) is 3.66. The monoisotopic (exact) mass is 341 g/mol. The van der Waals surface area contributed by atoms with Crippen molar-refractivity contribution in [1.29, 1.82) is 0 Å². The van der Waals surface area contributed by atoms with Gasteiger partial charge in [0.2, 0.25) is 11.8 Å². The van der Waals surface area contributed by atoms with Crippen molar-refractivity contribution in [3.8, 4) is 5.75 Å². The molecule has 130 valence electrons. The van der Waals surface area contributed by atoms with Crippen molar-refractivity contribution < 1.29 is 14.1 Å². The van der Waals surface area contributed by atoms with Crippen LogP contribution in [0.4, 0.5) is 0 Å². The van der Waals surface area contributed by atoms with Crippen LogP contribution >= 0.6 is 0 Å². The summed E-state index contributed by atoms with van der Waals surface area (Å²) in [5.74, 6) is 1.22. The van der Waals surface area contributed by atoms with Crippen molar-refractivity contribution in [2.75, 3.05) is 7.11 Å². The first-order valence-electron chi connectivity index (χ1n) is 7.80. The summed E-state index contributed by atoms with van der Waals surface area (Å²) in [6.07, 6.45) is 0.146. The number of hydrogen-bond donors (Lipinski definition) is 2. The van der Waals surface area contributed by atoms with Crippen LogP contribution < -0.4 is 10.1 Å². The van der Waals surface area contributed by atoms with E-state index in [2.05, 4.69) is 25.7 Å². The minimum atomic E-state index is -0.582. The number of aromatic amines is 1. The molecule has 25 heavy (non-hydrogen) atoms. The molecule has 2 heterocycles. The molecule has 0 fully saturated rings. The van der Waals surface area contributed by atoms with Gasteiger partial charge in [-0.05, 0) is 19.1 Å². The maximum atomic E-state index is 12.5. The minimum Gasteiger partial charge on any atom is -0.496 e. The van der Waals surface area contributed by atoms with Crippen LogP contribution in [0.5, 0.6) is 5.75 Å². The van der Waals surface area contributed by atoms with Crippen molar-refractivity contribution in [3.63, 3.8) is 0 Å². The Bertz CT molecular complexity index is 871. The smallest absolute Gasteiger partial charge is 0.226 e. The number of methoxy groups -OCH3 is 1. The second-order valence-electron chi connectivity index (χ2n) is 5.63. The lowest BCUT2D eigenvalue weighted by Gasteiger charge is -2.18. The van der Waals surface area contributed by atoms with Gasteiger partial charge in [-0.3, -0.25) is 9.89 Å². The second kappa shape index (κ2) is 7.16. The number of rotatable bonds is 6. The van der Waals surface area contributed by atoms with Gasteiger partial charge in [0, 0.05) is 18.2 Å². The Morgan fingerprint density at radius 3 is 2.80 bits per heavy atom. The summed E-state index contributed by atoms with van der Waals surface area (Å²) in [6, 6.07) is 8.64. The normalized spacial score (nSPS) is 12.0. The zero-order valence-corrected chi connectivity index (χ0v) is 14.2. The first-order valence-corrected chi connectivity index (χ1v) is 7.80. The van der Waals surface area contributed by atoms with E-state index < -0.39 is 6.04 Å². The standard InChI is InChI=1S/C17H19N5O3/c1-10-8-12(21-20-10)9-15(23)19-16(17-18-11(2)25-22-17)13-6-4-5-7-14(13)24-3/h4-8,16H,9H2,1-3H3,(H,19,23)(H,20,21)/t16-/m1/s1. The summed E-state index contributed by atoms with van der Waals surface area (Å²) >= 11 is 0. The van der Waals surface area contributed by atoms with Crippen LogP contribution in [0.15, 0.2) is 34.9 Å². The molecule has 0 saturated carbocycles. The molecule has 0 spiro atoms. The Morgan fingerprint density at radius 1 is 1.36 bits per heavy atom. The Morgan fingerprint density at radius 2 is 2.16 bits per heavy atom. The van der Waals surface area contributed by atoms with Gasteiger partial charge in [0.1, 0.15) is 11.8 Å². The molecule has 0 aliphatic heterocycles. The van der Waals surface area contributed by atoms with Gasteiger partial charge < -0.3 is 14.6 Å². The lowest BCUT2D eigenvalue weighted by molar-refractivity contribution is -0.121. The molecule has 1 atom stereocenters. The number of benzene rings is 1. The average molecular weight is 341 g/mol. The summed E-state index contributed by atoms with van der Waals surface area (Å²) in [6.45, 7) is 3.58. The topological polar surface area (TPSA) is 106 Å². The maximum absolute atomic E-state index is 12.5. The highest BCUT2D eigenvalue weighted by Gasteiger charge is 2.25. The highest BCUT2D eigenvalue weighted by atomic mass is 16.5. The highest BCUT2D eigenvalue weighted by Crippen LogP contribution is 2.28. The Balaban J connectivity index is 1.87. The third-order valence-corrected chi connectivity index (χ3v) is 3.66. The number of carbonyl (C=O) groups excluding carboxylic acids is 1. The highest BCUT2D eigenvalue weighted by molar-refractivity contribution is 5.79. The van der Waals surface area contributed by atoms with E-state index in [1.165, 1.54) is 0 Å². The summed E-state index contributed by atoms with van der Waals surface area (Å²) in [5.41, 5.74) is 2.31. The number of nitrogens with zero attached hydrogens (tertiary/aromatic N) is 3. The molecule has 0 saturated heterocycles. The van der Waals surface area contributed by atoms with Crippen molar-refractivity contribution in [3.05, 3.63) is 59.0 Å². The Kier molecular flexibility index (Phi) is 4.78. The summed E-state index contributed by atoms with van der Waals surface area (Å²) in [4.78, 5) is 16.8. The number of ether oxygens (including phenoxy) is 1. The summed E-state index contributed by atoms with van der Waals surface area (Å²) in [7, 11) is 1.58. The first-order chi connectivity index (χ1) is 12.1. The molecule has 3 rings (SSSR count). The zero-order valence-electron chi connectivity index (χ0n) is 14.2. The third kappa shape index (κ3) is 3.85. The van der Waals surface area contributed by atoms with E-state index in [0.717, 1.165) is 11.3 Å². The molecule has 8 heteroatoms. The van der Waals surface area contributed by atoms with Crippen LogP contribution in [-0.4, -0.2) is 33.4 Å². The van der Waals surface area contributed by atoms with Crippen molar-refractivity contribution in [1.82, 2.24) is 25.7 Å². The molecule has 8 nitrogen and oxygen atoms in total. The molecular weight excluding hydrogens is 322 g/mol. The van der Waals surface area contributed by atoms with Gasteiger partial charge in [0.25, 0.3) is 0 Å². The number of amides is 1. The molecule has 1 aromatic carbocycles. The van der Waals surface area contributed by atoms with Gasteiger partial charge in [-0.25, -0.2) is 0 Å². The molecule has 1 amide bonds. The molecule has 0 aliphatic rings. The summed E-state index contributed by atoms with van der Waals surface area (Å²) < 4.78 is 10.5. The molecule has 2 aromatic heterocycles. The van der Waals surface area contributed by atoms with Crippen LogP contribution in [0.25, 0.3) is 0 Å². The van der Waals surface area contributed by atoms with E-state index in [1.807, 2.05) is 37.3 Å². The van der Waals surface area contributed by atoms with Gasteiger partial charge in [-0.1, -0.05) is 23.4 Å². The number of H-pyrrole nitrogens is 1. The number of carbonyl (C=O) groups is 1. The molecule has 2 N–H and O–H groups in total. The Labute approximate surface area is 144 Å². The molecule has 3 aromatic rings. The average Bonchev–Trinajstić information content (AvgIpc) is 3.21. The molecule has 0 unspecified atom stereocenters. The molecule has 0 radical (unpaired) electrons. The first kappa shape index (κ1) is 16.7. The number of hydrogen-bond acceptors (Lipinski definition) is 6. The number of aryl methyl sites for hydroxylation is 2. The predicted octanol–water partition coefficient (Wildman–Crippen LogP) is 1.87. The van der Waals surface area contributed by atoms with Gasteiger partial charge in [-0.2, -0.15) is 10.1 Å². The number of nitrogens with one attached hydrogen (secondary N) is 2. The fraction of sp³-hybridized carbons (Fsp3) is 0.294. The van der Waals surface area contributed by atoms with E-state index in [-0.39, 0.29) is 12.3 Å². The molecular formula is C17H19N5O3. The van der Waals surface area contributed by atoms with Gasteiger partial charge in [-0.15, -0.1) is 0 Å². The molecule has 0 aliphatic carbocycles. The van der Waals surface area contributed by atoms with Crippen molar-refractivity contribution in [2.45, 2.75) is 26.3 Å². The van der Waals surface area contributed by atoms with E-state index in [4.69, 9.17) is 9.26 Å². The molecule has 0 bridgehead atoms. The van der Waals surface area contributed by atoms with Gasteiger partial charge >= 0.3 is 0 Å². The van der Waals surface area contributed by atoms with Crippen LogP contribution in [0.2, 0.25) is 0 Å². The van der Waals surface area contributed by atoms with Crippen LogP contribution in [0.1, 0.15) is 34.7 Å². The predicted molar refractivity (Wildman–Crippen MR) is 89.0 cm³/mol. The quantitative estimate of drug-likeness (QED) is 0.709. The van der Waals surface area contributed by atoms with Crippen LogP contribution in [-0.2, 0) is 11.2 Å². The lowest BCUT2D eigenvalue weighted by atomic mass is 10.0. The second-order valence-corrected chi connectivity index (χ2v) is 5.63. The summed E-state index contributed by atoms with van der Waals surface area (Å²) in [5, 5.41) is 13.8. The van der Waals surface area contributed by atoms with Crippen LogP contribution in [0.3, 0.4) is 0 Å². The Hall–Kier alpha value is -3.16. The van der Waals surface area contributed by atoms with Crippen LogP contribution in [0, 0.1) is 13.8 Å². The van der Waals surface area contributed by atoms with Gasteiger partial charge in [0.05, 0.1) is 19.2 Å². The number of para-hydroxylation sites is 1. The van der Waals surface area contributed by atoms with E-state index in [1.54, 1.807) is 14.0 Å². The number of aromatic nitrogens is 4. The van der Waals surface area contributed by atoms with E-state index in [9.17, 15) is 4.79 Å². The minimum absolute atomic E-state index is 0.146. The fourth-order valence-corrected chi connectivity index (χ4v) is 2.56. The van der Waals surface area contributed by atoms with E-state index in [0.29, 0.717) is 23.2 Å². The lowest BCUT2D eigenvalue weighted by Crippen LogP contribution is -2.31. The maximum Gasteiger partial charge on any atom is 0.226 e. The fourth-order valence-electron chi connectivity index (χ4n) is 2.56. The van der Waals surface area contributed by atoms with Crippen molar-refractivity contribution >= 4 is 5.91 Å². The van der Waals surface area contributed by atoms with E-state index >= 15 is 0 Å². The largest absolute Gasteiger partial charge is 0.496 e. The van der Waals surface area contributed by atoms with Crippen molar-refractivity contribution in [2.24, 2.45) is 0 Å². The van der Waals surface area contributed by atoms with Gasteiger partial charge in [0.15, 0.2) is 5.82 Å². The zero-order chi connectivity index (χ0) is 17.8. The SMILES string of the molecule is COc1ccccc1[C@@H](NC(=O)Cc1cc(C)[nH]n1)c1noc(C)n1.